The van der Waals surface area contributed by atoms with Gasteiger partial charge < -0.3 is 10.0 Å². The van der Waals surface area contributed by atoms with Gasteiger partial charge in [-0.1, -0.05) is 24.3 Å². The Balaban J connectivity index is 1.29. The molecule has 1 N–H and O–H groups in total. The fourth-order valence-corrected chi connectivity index (χ4v) is 6.95. The van der Waals surface area contributed by atoms with Crippen LogP contribution in [0.2, 0.25) is 0 Å². The van der Waals surface area contributed by atoms with Crippen molar-refractivity contribution in [1.29, 1.82) is 0 Å². The maximum atomic E-state index is 12.5. The summed E-state index contributed by atoms with van der Waals surface area (Å²) < 4.78 is 2.06. The molecule has 2 aliphatic heterocycles. The van der Waals surface area contributed by atoms with E-state index in [2.05, 4.69) is 57.0 Å². The summed E-state index contributed by atoms with van der Waals surface area (Å²) in [5, 5.41) is 17.0. The average Bonchev–Trinajstić information content (AvgIpc) is 3.51. The van der Waals surface area contributed by atoms with Crippen LogP contribution in [-0.2, 0) is 18.4 Å². The topological polar surface area (TPSA) is 44.5 Å². The third-order valence-electron chi connectivity index (χ3n) is 8.85. The van der Waals surface area contributed by atoms with Gasteiger partial charge in [0.1, 0.15) is 0 Å². The molecule has 2 aromatic rings. The Hall–Kier alpha value is -1.69. The highest BCUT2D eigenvalue weighted by Crippen LogP contribution is 2.56. The molecule has 2 saturated heterocycles. The van der Waals surface area contributed by atoms with E-state index in [-0.39, 0.29) is 11.5 Å². The summed E-state index contributed by atoms with van der Waals surface area (Å²) in [4.78, 5) is 5.25. The monoisotopic (exact) mass is 420 g/mol. The number of hydrogen-bond donors (Lipinski definition) is 1. The third kappa shape index (κ3) is 3.28. The molecule has 1 aromatic heterocycles. The van der Waals surface area contributed by atoms with E-state index >= 15 is 0 Å². The number of aryl methyl sites for hydroxylation is 1. The fraction of sp³-hybridized carbons (Fsp3) is 0.654. The molecule has 5 nitrogen and oxygen atoms in total. The normalized spacial score (nSPS) is 33.5. The van der Waals surface area contributed by atoms with E-state index in [1.54, 1.807) is 0 Å². The second kappa shape index (κ2) is 7.43. The van der Waals surface area contributed by atoms with E-state index in [1.165, 1.54) is 36.1 Å². The Labute approximate surface area is 186 Å². The minimum Gasteiger partial charge on any atom is -0.387 e. The summed E-state index contributed by atoms with van der Waals surface area (Å²) in [5.74, 6) is 0.869. The zero-order valence-electron chi connectivity index (χ0n) is 18.8. The number of aromatic nitrogens is 2. The largest absolute Gasteiger partial charge is 0.387 e. The van der Waals surface area contributed by atoms with Gasteiger partial charge in [-0.2, -0.15) is 5.10 Å². The van der Waals surface area contributed by atoms with Crippen LogP contribution < -0.4 is 0 Å². The maximum absolute atomic E-state index is 12.5. The summed E-state index contributed by atoms with van der Waals surface area (Å²) in [6, 6.07) is 9.30. The first-order valence-corrected chi connectivity index (χ1v) is 12.3. The summed E-state index contributed by atoms with van der Waals surface area (Å²) in [6.07, 6.45) is 10.9. The standard InChI is InChI=1S/C26H36N4O/c1-20-17-27-30(18-20)15-14-28-11-8-25-9-13-29(19-21-6-7-21)24(26(25,31)10-12-28)16-22-4-2-3-5-23(22)25/h2-5,17-18,21,24,31H,6-16,19H2,1H3. The number of aliphatic hydroxyl groups is 1. The van der Waals surface area contributed by atoms with Gasteiger partial charge in [-0.25, -0.2) is 0 Å². The van der Waals surface area contributed by atoms with Crippen molar-refractivity contribution >= 4 is 0 Å². The molecule has 166 valence electrons. The third-order valence-corrected chi connectivity index (χ3v) is 8.85. The van der Waals surface area contributed by atoms with Crippen LogP contribution in [0.1, 0.15) is 48.8 Å². The molecule has 3 fully saturated rings. The van der Waals surface area contributed by atoms with Gasteiger partial charge in [0.05, 0.1) is 18.3 Å². The number of hydrogen-bond acceptors (Lipinski definition) is 4. The smallest absolute Gasteiger partial charge is 0.0914 e. The van der Waals surface area contributed by atoms with Crippen LogP contribution in [0.5, 0.6) is 0 Å². The van der Waals surface area contributed by atoms with E-state index in [1.807, 2.05) is 6.20 Å². The summed E-state index contributed by atoms with van der Waals surface area (Å²) in [5.41, 5.74) is 3.44. The summed E-state index contributed by atoms with van der Waals surface area (Å²) >= 11 is 0. The molecule has 5 heteroatoms. The van der Waals surface area contributed by atoms with Gasteiger partial charge in [0.2, 0.25) is 0 Å². The van der Waals surface area contributed by atoms with Gasteiger partial charge in [0.25, 0.3) is 0 Å². The number of nitrogens with zero attached hydrogens (tertiary/aromatic N) is 4. The number of piperidine rings is 1. The Morgan fingerprint density at radius 3 is 2.68 bits per heavy atom. The van der Waals surface area contributed by atoms with Crippen LogP contribution in [0.4, 0.5) is 0 Å². The molecule has 3 atom stereocenters. The van der Waals surface area contributed by atoms with Crippen LogP contribution >= 0.6 is 0 Å². The first-order valence-electron chi connectivity index (χ1n) is 12.3. The fourth-order valence-electron chi connectivity index (χ4n) is 6.95. The highest BCUT2D eigenvalue weighted by Gasteiger charge is 2.63. The van der Waals surface area contributed by atoms with Crippen molar-refractivity contribution in [3.63, 3.8) is 0 Å². The molecule has 1 saturated carbocycles. The van der Waals surface area contributed by atoms with Crippen LogP contribution in [-0.4, -0.2) is 69.1 Å². The highest BCUT2D eigenvalue weighted by molar-refractivity contribution is 5.44. The van der Waals surface area contributed by atoms with Gasteiger partial charge in [-0.15, -0.1) is 0 Å². The van der Waals surface area contributed by atoms with Crippen molar-refractivity contribution in [3.8, 4) is 0 Å². The first kappa shape index (κ1) is 20.0. The summed E-state index contributed by atoms with van der Waals surface area (Å²) in [6.45, 7) is 8.40. The lowest BCUT2D eigenvalue weighted by Crippen LogP contribution is -2.71. The van der Waals surface area contributed by atoms with E-state index in [9.17, 15) is 5.11 Å². The number of likely N-dealkylation sites (tertiary alicyclic amines) is 2. The predicted octanol–water partition coefficient (Wildman–Crippen LogP) is 3.00. The highest BCUT2D eigenvalue weighted by atomic mass is 16.3. The second-order valence-electron chi connectivity index (χ2n) is 10.7. The number of fused-ring (bicyclic) bond motifs is 1. The molecule has 2 aliphatic carbocycles. The van der Waals surface area contributed by atoms with E-state index in [4.69, 9.17) is 0 Å². The van der Waals surface area contributed by atoms with Gasteiger partial charge in [-0.05, 0) is 81.1 Å². The molecule has 4 aliphatic rings. The maximum Gasteiger partial charge on any atom is 0.0914 e. The van der Waals surface area contributed by atoms with Gasteiger partial charge in [0, 0.05) is 37.3 Å². The van der Waals surface area contributed by atoms with Crippen LogP contribution in [0, 0.1) is 12.8 Å². The van der Waals surface area contributed by atoms with Gasteiger partial charge in [0.15, 0.2) is 0 Å². The molecule has 0 amide bonds. The van der Waals surface area contributed by atoms with E-state index in [0.29, 0.717) is 0 Å². The minimum atomic E-state index is -0.620. The number of rotatable bonds is 5. The van der Waals surface area contributed by atoms with Crippen molar-refractivity contribution < 1.29 is 5.11 Å². The minimum absolute atomic E-state index is 0.0937. The predicted molar refractivity (Wildman–Crippen MR) is 122 cm³/mol. The Kier molecular flexibility index (Phi) is 4.78. The average molecular weight is 421 g/mol. The molecule has 0 spiro atoms. The van der Waals surface area contributed by atoms with E-state index in [0.717, 1.165) is 64.3 Å². The molecular weight excluding hydrogens is 384 g/mol. The zero-order valence-corrected chi connectivity index (χ0v) is 18.8. The van der Waals surface area contributed by atoms with Crippen molar-refractivity contribution in [1.82, 2.24) is 19.6 Å². The van der Waals surface area contributed by atoms with Crippen molar-refractivity contribution in [2.24, 2.45) is 5.92 Å². The molecule has 1 aromatic carbocycles. The zero-order chi connectivity index (χ0) is 21.1. The van der Waals surface area contributed by atoms with Crippen molar-refractivity contribution in [2.75, 3.05) is 32.7 Å². The number of benzene rings is 1. The summed E-state index contributed by atoms with van der Waals surface area (Å²) in [7, 11) is 0. The second-order valence-corrected chi connectivity index (χ2v) is 10.7. The lowest BCUT2D eigenvalue weighted by atomic mass is 9.52. The molecule has 6 rings (SSSR count). The van der Waals surface area contributed by atoms with Gasteiger partial charge in [-0.3, -0.25) is 9.58 Å². The molecule has 3 heterocycles. The van der Waals surface area contributed by atoms with E-state index < -0.39 is 5.60 Å². The molecule has 0 radical (unpaired) electrons. The lowest BCUT2D eigenvalue weighted by molar-refractivity contribution is -0.149. The lowest BCUT2D eigenvalue weighted by Gasteiger charge is -2.61. The Morgan fingerprint density at radius 2 is 1.87 bits per heavy atom. The van der Waals surface area contributed by atoms with Crippen LogP contribution in [0.15, 0.2) is 36.7 Å². The molecule has 3 unspecified atom stereocenters. The van der Waals surface area contributed by atoms with Crippen LogP contribution in [0.3, 0.4) is 0 Å². The SMILES string of the molecule is Cc1cnn(CCN2CCC34CCN(CC5CC5)C(Cc5ccccc53)C4(O)CC2)c1. The van der Waals surface area contributed by atoms with Crippen LogP contribution in [0.25, 0.3) is 0 Å². The quantitative estimate of drug-likeness (QED) is 0.808. The van der Waals surface area contributed by atoms with Crippen molar-refractivity contribution in [3.05, 3.63) is 53.3 Å². The molecule has 31 heavy (non-hydrogen) atoms. The Morgan fingerprint density at radius 1 is 1.06 bits per heavy atom. The molecular formula is C26H36N4O. The van der Waals surface area contributed by atoms with Gasteiger partial charge >= 0.3 is 0 Å². The Bertz CT molecular complexity index is 952. The molecule has 2 bridgehead atoms. The first-order chi connectivity index (χ1) is 15.1. The van der Waals surface area contributed by atoms with Crippen molar-refractivity contribution in [2.45, 2.75) is 69.1 Å².